The molecule has 1 atom stereocenters. The SMILES string of the molecule is Cc1cc(C)nc(Nc2ccc([C@@H]3CCCN(C(=O)/C=C/c4cnc[nH]4)C3)nc2)n1. The van der Waals surface area contributed by atoms with E-state index in [0.717, 1.165) is 47.8 Å². The van der Waals surface area contributed by atoms with Crippen LogP contribution < -0.4 is 5.32 Å². The van der Waals surface area contributed by atoms with Crippen molar-refractivity contribution in [1.82, 2.24) is 29.8 Å². The molecule has 0 unspecified atom stereocenters. The fourth-order valence-electron chi connectivity index (χ4n) is 3.67. The second-order valence-electron chi connectivity index (χ2n) is 7.53. The average Bonchev–Trinajstić information content (AvgIpc) is 3.26. The number of rotatable bonds is 5. The number of likely N-dealkylation sites (tertiary alicyclic amines) is 1. The van der Waals surface area contributed by atoms with Crippen molar-refractivity contribution in [3.8, 4) is 0 Å². The predicted molar refractivity (Wildman–Crippen MR) is 115 cm³/mol. The van der Waals surface area contributed by atoms with E-state index >= 15 is 0 Å². The summed E-state index contributed by atoms with van der Waals surface area (Å²) < 4.78 is 0. The van der Waals surface area contributed by atoms with Crippen LogP contribution >= 0.6 is 0 Å². The van der Waals surface area contributed by atoms with Crippen LogP contribution in [0.2, 0.25) is 0 Å². The van der Waals surface area contributed by atoms with Crippen molar-refractivity contribution in [1.29, 1.82) is 0 Å². The van der Waals surface area contributed by atoms with E-state index in [1.165, 1.54) is 0 Å². The van der Waals surface area contributed by atoms with Crippen molar-refractivity contribution >= 4 is 23.6 Å². The lowest BCUT2D eigenvalue weighted by molar-refractivity contribution is -0.127. The summed E-state index contributed by atoms with van der Waals surface area (Å²) in [6, 6.07) is 5.94. The Labute approximate surface area is 175 Å². The Morgan fingerprint density at radius 2 is 2.07 bits per heavy atom. The van der Waals surface area contributed by atoms with Gasteiger partial charge in [-0.05, 0) is 51.0 Å². The van der Waals surface area contributed by atoms with Crippen LogP contribution in [0.1, 0.15) is 41.5 Å². The smallest absolute Gasteiger partial charge is 0.246 e. The van der Waals surface area contributed by atoms with Crippen molar-refractivity contribution in [2.75, 3.05) is 18.4 Å². The molecular formula is C22H25N7O. The normalized spacial score (nSPS) is 16.7. The molecule has 4 heterocycles. The molecule has 1 saturated heterocycles. The van der Waals surface area contributed by atoms with Gasteiger partial charge in [0.25, 0.3) is 0 Å². The van der Waals surface area contributed by atoms with Gasteiger partial charge >= 0.3 is 0 Å². The van der Waals surface area contributed by atoms with Gasteiger partial charge in [0, 0.05) is 42.2 Å². The first-order valence-electron chi connectivity index (χ1n) is 10.1. The number of aryl methyl sites for hydroxylation is 2. The Bertz CT molecular complexity index is 1010. The van der Waals surface area contributed by atoms with E-state index in [-0.39, 0.29) is 11.8 Å². The lowest BCUT2D eigenvalue weighted by Crippen LogP contribution is -2.38. The number of nitrogens with one attached hydrogen (secondary N) is 2. The summed E-state index contributed by atoms with van der Waals surface area (Å²) in [6.45, 7) is 5.33. The van der Waals surface area contributed by atoms with E-state index in [4.69, 9.17) is 0 Å². The maximum atomic E-state index is 12.5. The molecule has 0 radical (unpaired) electrons. The highest BCUT2D eigenvalue weighted by Crippen LogP contribution is 2.26. The Balaban J connectivity index is 1.39. The molecule has 1 aliphatic rings. The number of carbonyl (C=O) groups is 1. The number of hydrogen-bond acceptors (Lipinski definition) is 6. The van der Waals surface area contributed by atoms with Crippen LogP contribution in [0.5, 0.6) is 0 Å². The molecule has 1 aliphatic heterocycles. The van der Waals surface area contributed by atoms with Crippen molar-refractivity contribution in [3.63, 3.8) is 0 Å². The maximum Gasteiger partial charge on any atom is 0.246 e. The minimum Gasteiger partial charge on any atom is -0.345 e. The first-order chi connectivity index (χ1) is 14.6. The third-order valence-corrected chi connectivity index (χ3v) is 5.10. The Morgan fingerprint density at radius 3 is 2.77 bits per heavy atom. The molecule has 0 saturated carbocycles. The van der Waals surface area contributed by atoms with Crippen molar-refractivity contribution in [3.05, 3.63) is 65.8 Å². The van der Waals surface area contributed by atoms with E-state index in [1.807, 2.05) is 36.9 Å². The molecule has 0 spiro atoms. The highest BCUT2D eigenvalue weighted by molar-refractivity contribution is 5.91. The topological polar surface area (TPSA) is 99.7 Å². The van der Waals surface area contributed by atoms with Gasteiger partial charge in [-0.2, -0.15) is 0 Å². The quantitative estimate of drug-likeness (QED) is 0.634. The van der Waals surface area contributed by atoms with Gasteiger partial charge in [0.2, 0.25) is 11.9 Å². The number of nitrogens with zero attached hydrogens (tertiary/aromatic N) is 5. The zero-order chi connectivity index (χ0) is 20.9. The van der Waals surface area contributed by atoms with Crippen LogP contribution in [0.4, 0.5) is 11.6 Å². The van der Waals surface area contributed by atoms with Crippen LogP contribution in [0.25, 0.3) is 6.08 Å². The molecule has 30 heavy (non-hydrogen) atoms. The van der Waals surface area contributed by atoms with Gasteiger partial charge in [-0.1, -0.05) is 0 Å². The molecule has 1 amide bonds. The summed E-state index contributed by atoms with van der Waals surface area (Å²) in [4.78, 5) is 34.8. The van der Waals surface area contributed by atoms with Crippen LogP contribution in [-0.4, -0.2) is 48.8 Å². The molecule has 3 aromatic rings. The van der Waals surface area contributed by atoms with E-state index < -0.39 is 0 Å². The fraction of sp³-hybridized carbons (Fsp3) is 0.318. The average molecular weight is 403 g/mol. The summed E-state index contributed by atoms with van der Waals surface area (Å²) in [5, 5.41) is 3.21. The first kappa shape index (κ1) is 19.8. The highest BCUT2D eigenvalue weighted by atomic mass is 16.2. The second kappa shape index (κ2) is 8.86. The summed E-state index contributed by atoms with van der Waals surface area (Å²) in [6.07, 6.45) is 10.4. The largest absolute Gasteiger partial charge is 0.345 e. The van der Waals surface area contributed by atoms with E-state index in [9.17, 15) is 4.79 Å². The second-order valence-corrected chi connectivity index (χ2v) is 7.53. The number of piperidine rings is 1. The lowest BCUT2D eigenvalue weighted by atomic mass is 9.94. The van der Waals surface area contributed by atoms with Gasteiger partial charge in [0.05, 0.1) is 30.1 Å². The van der Waals surface area contributed by atoms with Gasteiger partial charge in [-0.15, -0.1) is 0 Å². The number of amides is 1. The molecule has 0 aromatic carbocycles. The number of carbonyl (C=O) groups excluding carboxylic acids is 1. The number of aromatic nitrogens is 5. The summed E-state index contributed by atoms with van der Waals surface area (Å²) >= 11 is 0. The van der Waals surface area contributed by atoms with Gasteiger partial charge in [-0.3, -0.25) is 9.78 Å². The van der Waals surface area contributed by atoms with E-state index in [2.05, 4.69) is 30.2 Å². The Morgan fingerprint density at radius 1 is 1.23 bits per heavy atom. The molecule has 4 rings (SSSR count). The van der Waals surface area contributed by atoms with Crippen molar-refractivity contribution in [2.45, 2.75) is 32.6 Å². The van der Waals surface area contributed by atoms with Crippen LogP contribution in [0.15, 0.2) is 43.0 Å². The third-order valence-electron chi connectivity index (χ3n) is 5.10. The zero-order valence-corrected chi connectivity index (χ0v) is 17.2. The van der Waals surface area contributed by atoms with Crippen molar-refractivity contribution in [2.24, 2.45) is 0 Å². The third kappa shape index (κ3) is 4.89. The number of pyridine rings is 1. The fourth-order valence-corrected chi connectivity index (χ4v) is 3.67. The van der Waals surface area contributed by atoms with Crippen LogP contribution in [0.3, 0.4) is 0 Å². The Kier molecular flexibility index (Phi) is 5.83. The minimum absolute atomic E-state index is 0.0135. The monoisotopic (exact) mass is 403 g/mol. The van der Waals surface area contributed by atoms with E-state index in [0.29, 0.717) is 12.5 Å². The van der Waals surface area contributed by atoms with E-state index in [1.54, 1.807) is 30.9 Å². The lowest BCUT2D eigenvalue weighted by Gasteiger charge is -2.31. The number of imidazole rings is 1. The molecule has 1 fully saturated rings. The molecule has 154 valence electrons. The van der Waals surface area contributed by atoms with Gasteiger partial charge in [0.1, 0.15) is 0 Å². The van der Waals surface area contributed by atoms with Gasteiger partial charge in [-0.25, -0.2) is 15.0 Å². The first-order valence-corrected chi connectivity index (χ1v) is 10.1. The van der Waals surface area contributed by atoms with Crippen LogP contribution in [-0.2, 0) is 4.79 Å². The maximum absolute atomic E-state index is 12.5. The summed E-state index contributed by atoms with van der Waals surface area (Å²) in [5.74, 6) is 0.815. The number of anilines is 2. The molecular weight excluding hydrogens is 378 g/mol. The molecule has 8 nitrogen and oxygen atoms in total. The zero-order valence-electron chi connectivity index (χ0n) is 17.2. The predicted octanol–water partition coefficient (Wildman–Crippen LogP) is 3.37. The Hall–Kier alpha value is -3.55. The minimum atomic E-state index is 0.0135. The van der Waals surface area contributed by atoms with Gasteiger partial charge < -0.3 is 15.2 Å². The number of hydrogen-bond donors (Lipinski definition) is 2. The molecule has 8 heteroatoms. The van der Waals surface area contributed by atoms with Crippen molar-refractivity contribution < 1.29 is 4.79 Å². The van der Waals surface area contributed by atoms with Gasteiger partial charge in [0.15, 0.2) is 0 Å². The summed E-state index contributed by atoms with van der Waals surface area (Å²) in [7, 11) is 0. The standard InChI is InChI=1S/C22H25N7O/c1-15-10-16(2)27-22(26-15)28-19-5-7-20(24-12-19)17-4-3-9-29(13-17)21(30)8-6-18-11-23-14-25-18/h5-8,10-12,14,17H,3-4,9,13H2,1-2H3,(H,23,25)(H,26,27,28)/b8-6+/t17-/m1/s1. The van der Waals surface area contributed by atoms with Crippen LogP contribution in [0, 0.1) is 13.8 Å². The molecule has 2 N–H and O–H groups in total. The number of H-pyrrole nitrogens is 1. The summed E-state index contributed by atoms with van der Waals surface area (Å²) in [5.41, 5.74) is 4.49. The molecule has 0 bridgehead atoms. The highest BCUT2D eigenvalue weighted by Gasteiger charge is 2.24. The number of aromatic amines is 1. The molecule has 0 aliphatic carbocycles. The molecule has 3 aromatic heterocycles.